The molecule has 0 aromatic carbocycles. The number of fused-ring (bicyclic) bond motifs is 1. The van der Waals surface area contributed by atoms with Gasteiger partial charge in [-0.25, -0.2) is 4.79 Å². The first kappa shape index (κ1) is 13.7. The van der Waals surface area contributed by atoms with Crippen LogP contribution in [0.2, 0.25) is 0 Å². The van der Waals surface area contributed by atoms with Crippen LogP contribution in [0.5, 0.6) is 0 Å². The highest BCUT2D eigenvalue weighted by atomic mass is 32.2. The molecular weight excluding hydrogens is 264 g/mol. The molecule has 2 heterocycles. The molecule has 0 aliphatic carbocycles. The van der Waals surface area contributed by atoms with E-state index in [9.17, 15) is 9.59 Å². The fourth-order valence-electron chi connectivity index (χ4n) is 2.01. The number of ether oxygens (including phenoxy) is 1. The summed E-state index contributed by atoms with van der Waals surface area (Å²) in [5.74, 6) is 0.216. The Labute approximate surface area is 116 Å². The van der Waals surface area contributed by atoms with Crippen molar-refractivity contribution in [3.8, 4) is 0 Å². The van der Waals surface area contributed by atoms with Gasteiger partial charge in [-0.15, -0.1) is 11.8 Å². The number of rotatable bonds is 3. The number of amides is 1. The predicted molar refractivity (Wildman–Crippen MR) is 74.2 cm³/mol. The summed E-state index contributed by atoms with van der Waals surface area (Å²) in [4.78, 5) is 23.3. The molecule has 102 valence electrons. The second-order valence-electron chi connectivity index (χ2n) is 4.12. The number of aromatic nitrogens is 1. The molecule has 0 saturated heterocycles. The summed E-state index contributed by atoms with van der Waals surface area (Å²) in [5, 5.41) is 3.52. The van der Waals surface area contributed by atoms with Gasteiger partial charge in [-0.1, -0.05) is 0 Å². The summed E-state index contributed by atoms with van der Waals surface area (Å²) in [6.07, 6.45) is 3.37. The molecule has 19 heavy (non-hydrogen) atoms. The third-order valence-corrected chi connectivity index (χ3v) is 3.96. The zero-order valence-electron chi connectivity index (χ0n) is 11.1. The van der Waals surface area contributed by atoms with Gasteiger partial charge in [0.2, 0.25) is 0 Å². The molecule has 1 aliphatic heterocycles. The van der Waals surface area contributed by atoms with Crippen molar-refractivity contribution >= 4 is 29.3 Å². The van der Waals surface area contributed by atoms with Gasteiger partial charge in [0.15, 0.2) is 0 Å². The standard InChI is InChI=1S/C13H16N2O3S/c1-4-18-10(16)5-9-7-19-13-11(12(17)14-3)8(2)6-15(9)13/h5-6H,4,7H2,1-3H3,(H,14,17). The molecule has 0 unspecified atom stereocenters. The number of hydrogen-bond donors (Lipinski definition) is 1. The average Bonchev–Trinajstić information content (AvgIpc) is 2.88. The van der Waals surface area contributed by atoms with Gasteiger partial charge in [0.25, 0.3) is 5.91 Å². The van der Waals surface area contributed by atoms with Gasteiger partial charge in [-0.05, 0) is 19.4 Å². The minimum atomic E-state index is -0.348. The average molecular weight is 280 g/mol. The maximum Gasteiger partial charge on any atom is 0.332 e. The van der Waals surface area contributed by atoms with E-state index in [1.165, 1.54) is 6.08 Å². The molecule has 6 heteroatoms. The Morgan fingerprint density at radius 1 is 1.58 bits per heavy atom. The molecule has 2 rings (SSSR count). The summed E-state index contributed by atoms with van der Waals surface area (Å²) in [6, 6.07) is 0. The van der Waals surface area contributed by atoms with Gasteiger partial charge < -0.3 is 14.6 Å². The Hall–Kier alpha value is -1.69. The first-order valence-electron chi connectivity index (χ1n) is 6.03. The zero-order valence-corrected chi connectivity index (χ0v) is 12.0. The van der Waals surface area contributed by atoms with E-state index in [1.54, 1.807) is 25.7 Å². The fraction of sp³-hybridized carbons (Fsp3) is 0.385. The Morgan fingerprint density at radius 3 is 2.95 bits per heavy atom. The highest BCUT2D eigenvalue weighted by Gasteiger charge is 2.26. The van der Waals surface area contributed by atoms with Crippen molar-refractivity contribution in [3.63, 3.8) is 0 Å². The van der Waals surface area contributed by atoms with Crippen molar-refractivity contribution in [1.29, 1.82) is 0 Å². The van der Waals surface area contributed by atoms with Crippen LogP contribution >= 0.6 is 11.8 Å². The van der Waals surface area contributed by atoms with E-state index >= 15 is 0 Å². The topological polar surface area (TPSA) is 60.3 Å². The summed E-state index contributed by atoms with van der Waals surface area (Å²) in [5.41, 5.74) is 2.42. The smallest absolute Gasteiger partial charge is 0.332 e. The molecule has 0 fully saturated rings. The molecule has 0 saturated carbocycles. The SMILES string of the molecule is CCOC(=O)C=C1CSc2c(C(=O)NC)c(C)cn21. The largest absolute Gasteiger partial charge is 0.463 e. The van der Waals surface area contributed by atoms with Gasteiger partial charge in [0.05, 0.1) is 17.2 Å². The van der Waals surface area contributed by atoms with E-state index in [4.69, 9.17) is 4.74 Å². The van der Waals surface area contributed by atoms with Gasteiger partial charge >= 0.3 is 5.97 Å². The van der Waals surface area contributed by atoms with Crippen molar-refractivity contribution < 1.29 is 14.3 Å². The lowest BCUT2D eigenvalue weighted by Crippen LogP contribution is -2.18. The van der Waals surface area contributed by atoms with Gasteiger partial charge in [-0.3, -0.25) is 4.79 Å². The van der Waals surface area contributed by atoms with Gasteiger partial charge in [-0.2, -0.15) is 0 Å². The number of aryl methyl sites for hydroxylation is 1. The number of carbonyl (C=O) groups excluding carboxylic acids is 2. The van der Waals surface area contributed by atoms with Crippen LogP contribution in [-0.4, -0.2) is 35.9 Å². The predicted octanol–water partition coefficient (Wildman–Crippen LogP) is 1.67. The number of nitrogens with one attached hydrogen (secondary N) is 1. The summed E-state index contributed by atoms with van der Waals surface area (Å²) in [6.45, 7) is 4.02. The fourth-order valence-corrected chi connectivity index (χ4v) is 3.22. The van der Waals surface area contributed by atoms with Crippen LogP contribution in [0.4, 0.5) is 0 Å². The van der Waals surface area contributed by atoms with Crippen LogP contribution in [-0.2, 0) is 9.53 Å². The van der Waals surface area contributed by atoms with E-state index < -0.39 is 0 Å². The summed E-state index contributed by atoms with van der Waals surface area (Å²) in [7, 11) is 1.61. The van der Waals surface area contributed by atoms with Crippen LogP contribution < -0.4 is 5.32 Å². The van der Waals surface area contributed by atoms with E-state index in [1.807, 2.05) is 17.7 Å². The van der Waals surface area contributed by atoms with Crippen LogP contribution in [0.1, 0.15) is 22.8 Å². The van der Waals surface area contributed by atoms with Crippen molar-refractivity contribution in [2.75, 3.05) is 19.4 Å². The Kier molecular flexibility index (Phi) is 3.99. The Bertz CT molecular complexity index is 560. The van der Waals surface area contributed by atoms with E-state index in [2.05, 4.69) is 5.32 Å². The van der Waals surface area contributed by atoms with Crippen LogP contribution in [0.15, 0.2) is 17.3 Å². The Balaban J connectivity index is 2.37. The maximum absolute atomic E-state index is 11.8. The number of hydrogen-bond acceptors (Lipinski definition) is 4. The molecule has 0 atom stereocenters. The first-order chi connectivity index (χ1) is 9.08. The number of thioether (sulfide) groups is 1. The molecule has 1 aliphatic rings. The van der Waals surface area contributed by atoms with Crippen LogP contribution in [0, 0.1) is 6.92 Å². The number of esters is 1. The quantitative estimate of drug-likeness (QED) is 0.676. The second-order valence-corrected chi connectivity index (χ2v) is 5.08. The maximum atomic E-state index is 11.8. The zero-order chi connectivity index (χ0) is 14.0. The molecule has 1 aromatic rings. The minimum Gasteiger partial charge on any atom is -0.463 e. The molecule has 0 spiro atoms. The lowest BCUT2D eigenvalue weighted by molar-refractivity contribution is -0.137. The third kappa shape index (κ3) is 2.53. The highest BCUT2D eigenvalue weighted by Crippen LogP contribution is 2.38. The van der Waals surface area contributed by atoms with Crippen LogP contribution in [0.25, 0.3) is 5.70 Å². The minimum absolute atomic E-state index is 0.101. The molecule has 1 N–H and O–H groups in total. The van der Waals surface area contributed by atoms with E-state index in [0.717, 1.165) is 16.3 Å². The second kappa shape index (κ2) is 5.52. The number of carbonyl (C=O) groups is 2. The Morgan fingerprint density at radius 2 is 2.32 bits per heavy atom. The highest BCUT2D eigenvalue weighted by molar-refractivity contribution is 8.00. The monoisotopic (exact) mass is 280 g/mol. The molecule has 5 nitrogen and oxygen atoms in total. The van der Waals surface area contributed by atoms with Gasteiger partial charge in [0.1, 0.15) is 0 Å². The van der Waals surface area contributed by atoms with Crippen molar-refractivity contribution in [1.82, 2.24) is 9.88 Å². The van der Waals surface area contributed by atoms with Crippen molar-refractivity contribution in [2.24, 2.45) is 0 Å². The van der Waals surface area contributed by atoms with Crippen LogP contribution in [0.3, 0.4) is 0 Å². The van der Waals surface area contributed by atoms with Crippen molar-refractivity contribution in [3.05, 3.63) is 23.4 Å². The van der Waals surface area contributed by atoms with Crippen molar-refractivity contribution in [2.45, 2.75) is 18.9 Å². The lowest BCUT2D eigenvalue weighted by atomic mass is 10.2. The lowest BCUT2D eigenvalue weighted by Gasteiger charge is -2.01. The van der Waals surface area contributed by atoms with Gasteiger partial charge in [0, 0.05) is 30.8 Å². The molecular formula is C13H16N2O3S. The summed E-state index contributed by atoms with van der Waals surface area (Å²) < 4.78 is 6.80. The van der Waals surface area contributed by atoms with E-state index in [-0.39, 0.29) is 11.9 Å². The number of nitrogens with zero attached hydrogens (tertiary/aromatic N) is 1. The first-order valence-corrected chi connectivity index (χ1v) is 7.01. The molecule has 0 bridgehead atoms. The van der Waals surface area contributed by atoms with E-state index in [0.29, 0.717) is 17.9 Å². The molecule has 1 aromatic heterocycles. The third-order valence-electron chi connectivity index (χ3n) is 2.84. The molecule has 1 amide bonds. The molecule has 0 radical (unpaired) electrons. The summed E-state index contributed by atoms with van der Waals surface area (Å²) >= 11 is 1.55. The normalized spacial score (nSPS) is 15.4.